The average Bonchev–Trinajstić information content (AvgIpc) is 3.13. The fraction of sp³-hybridized carbons (Fsp3) is 0.533. The Hall–Kier alpha value is -1.73. The van der Waals surface area contributed by atoms with E-state index in [-0.39, 0.29) is 17.4 Å². The minimum absolute atomic E-state index is 0.0580. The summed E-state index contributed by atoms with van der Waals surface area (Å²) < 4.78 is 1.71. The van der Waals surface area contributed by atoms with Crippen LogP contribution in [0.25, 0.3) is 0 Å². The highest BCUT2D eigenvalue weighted by Crippen LogP contribution is 2.28. The van der Waals surface area contributed by atoms with Gasteiger partial charge in [-0.05, 0) is 23.3 Å². The third-order valence-electron chi connectivity index (χ3n) is 4.26. The number of hydrogen-bond acceptors (Lipinski definition) is 5. The standard InChI is InChI=1S/C15H21N5OS/c1-15(2)10-19(6-5-13(15)16)14(21)12-9-20(18-17-12)8-11-4-3-7-22-11/h3-4,7,9,13H,5-6,8,10,16H2,1-2H3. The normalized spacial score (nSPS) is 21.0. The second kappa shape index (κ2) is 5.81. The Bertz CT molecular complexity index is 649. The number of hydrogen-bond donors (Lipinski definition) is 1. The number of carbonyl (C=O) groups is 1. The molecule has 2 N–H and O–H groups in total. The Morgan fingerprint density at radius 1 is 1.55 bits per heavy atom. The summed E-state index contributed by atoms with van der Waals surface area (Å²) in [5, 5.41) is 10.1. The van der Waals surface area contributed by atoms with Crippen molar-refractivity contribution in [2.24, 2.45) is 11.1 Å². The molecule has 0 bridgehead atoms. The van der Waals surface area contributed by atoms with Gasteiger partial charge in [0, 0.05) is 24.0 Å². The van der Waals surface area contributed by atoms with E-state index in [1.54, 1.807) is 22.2 Å². The van der Waals surface area contributed by atoms with Crippen LogP contribution in [0.5, 0.6) is 0 Å². The lowest BCUT2D eigenvalue weighted by Crippen LogP contribution is -2.54. The van der Waals surface area contributed by atoms with E-state index in [2.05, 4.69) is 24.2 Å². The smallest absolute Gasteiger partial charge is 0.276 e. The topological polar surface area (TPSA) is 77.0 Å². The molecule has 1 amide bonds. The van der Waals surface area contributed by atoms with E-state index in [4.69, 9.17) is 5.73 Å². The lowest BCUT2D eigenvalue weighted by Gasteiger charge is -2.42. The van der Waals surface area contributed by atoms with Gasteiger partial charge in [-0.15, -0.1) is 16.4 Å². The molecule has 1 atom stereocenters. The number of carbonyl (C=O) groups excluding carboxylic acids is 1. The summed E-state index contributed by atoms with van der Waals surface area (Å²) in [6.45, 7) is 6.19. The highest BCUT2D eigenvalue weighted by molar-refractivity contribution is 7.09. The molecular weight excluding hydrogens is 298 g/mol. The molecule has 0 saturated carbocycles. The molecule has 118 valence electrons. The van der Waals surface area contributed by atoms with Crippen molar-refractivity contribution in [3.63, 3.8) is 0 Å². The Kier molecular flexibility index (Phi) is 4.01. The molecular formula is C15H21N5OS. The number of rotatable bonds is 3. The van der Waals surface area contributed by atoms with Crippen LogP contribution < -0.4 is 5.73 Å². The maximum absolute atomic E-state index is 12.6. The molecule has 3 heterocycles. The predicted molar refractivity (Wildman–Crippen MR) is 85.7 cm³/mol. The van der Waals surface area contributed by atoms with E-state index in [9.17, 15) is 4.79 Å². The van der Waals surface area contributed by atoms with Crippen LogP contribution in [-0.4, -0.2) is 44.9 Å². The molecule has 2 aromatic rings. The van der Waals surface area contributed by atoms with Crippen molar-refractivity contribution in [3.05, 3.63) is 34.3 Å². The van der Waals surface area contributed by atoms with Crippen molar-refractivity contribution in [1.29, 1.82) is 0 Å². The molecule has 0 aromatic carbocycles. The minimum Gasteiger partial charge on any atom is -0.337 e. The van der Waals surface area contributed by atoms with Gasteiger partial charge in [-0.3, -0.25) is 4.79 Å². The third-order valence-corrected chi connectivity index (χ3v) is 5.12. The molecule has 0 spiro atoms. The fourth-order valence-corrected chi connectivity index (χ4v) is 3.44. The van der Waals surface area contributed by atoms with Crippen LogP contribution in [0, 0.1) is 5.41 Å². The molecule has 1 saturated heterocycles. The van der Waals surface area contributed by atoms with Gasteiger partial charge in [-0.2, -0.15) is 0 Å². The van der Waals surface area contributed by atoms with Crippen molar-refractivity contribution in [2.45, 2.75) is 32.9 Å². The molecule has 6 nitrogen and oxygen atoms in total. The van der Waals surface area contributed by atoms with Gasteiger partial charge in [0.1, 0.15) is 0 Å². The highest BCUT2D eigenvalue weighted by atomic mass is 32.1. The minimum atomic E-state index is -0.0686. The number of likely N-dealkylation sites (tertiary alicyclic amines) is 1. The zero-order valence-corrected chi connectivity index (χ0v) is 13.7. The van der Waals surface area contributed by atoms with Crippen LogP contribution in [0.1, 0.15) is 35.6 Å². The Morgan fingerprint density at radius 2 is 2.36 bits per heavy atom. The van der Waals surface area contributed by atoms with Crippen LogP contribution >= 0.6 is 11.3 Å². The molecule has 1 unspecified atom stereocenters. The Balaban J connectivity index is 1.69. The van der Waals surface area contributed by atoms with Crippen molar-refractivity contribution < 1.29 is 4.79 Å². The van der Waals surface area contributed by atoms with Crippen molar-refractivity contribution in [3.8, 4) is 0 Å². The number of piperidine rings is 1. The average molecular weight is 319 g/mol. The summed E-state index contributed by atoms with van der Waals surface area (Å²) in [4.78, 5) is 15.6. The fourth-order valence-electron chi connectivity index (χ4n) is 2.75. The summed E-state index contributed by atoms with van der Waals surface area (Å²) in [5.74, 6) is -0.0580. The quantitative estimate of drug-likeness (QED) is 0.932. The number of nitrogens with zero attached hydrogens (tertiary/aromatic N) is 4. The number of aromatic nitrogens is 3. The number of amides is 1. The van der Waals surface area contributed by atoms with E-state index in [0.717, 1.165) is 6.42 Å². The summed E-state index contributed by atoms with van der Waals surface area (Å²) in [5.41, 5.74) is 6.46. The van der Waals surface area contributed by atoms with Crippen molar-refractivity contribution in [2.75, 3.05) is 13.1 Å². The van der Waals surface area contributed by atoms with Gasteiger partial charge in [-0.1, -0.05) is 25.1 Å². The van der Waals surface area contributed by atoms with Gasteiger partial charge in [0.05, 0.1) is 12.7 Å². The first kappa shape index (κ1) is 15.2. The van der Waals surface area contributed by atoms with Crippen LogP contribution in [0.3, 0.4) is 0 Å². The molecule has 22 heavy (non-hydrogen) atoms. The third kappa shape index (κ3) is 3.05. The first-order chi connectivity index (χ1) is 10.5. The van der Waals surface area contributed by atoms with Crippen LogP contribution in [0.4, 0.5) is 0 Å². The summed E-state index contributed by atoms with van der Waals surface area (Å²) in [7, 11) is 0. The van der Waals surface area contributed by atoms with Crippen LogP contribution in [0.2, 0.25) is 0 Å². The maximum atomic E-state index is 12.6. The van der Waals surface area contributed by atoms with E-state index >= 15 is 0 Å². The molecule has 2 aromatic heterocycles. The molecule has 3 rings (SSSR count). The predicted octanol–water partition coefficient (Wildman–Crippen LogP) is 1.59. The first-order valence-corrected chi connectivity index (χ1v) is 8.31. The molecule has 1 fully saturated rings. The maximum Gasteiger partial charge on any atom is 0.276 e. The zero-order valence-electron chi connectivity index (χ0n) is 12.9. The van der Waals surface area contributed by atoms with Crippen LogP contribution in [-0.2, 0) is 6.54 Å². The van der Waals surface area contributed by atoms with E-state index in [0.29, 0.717) is 25.3 Å². The van der Waals surface area contributed by atoms with Gasteiger partial charge >= 0.3 is 0 Å². The number of nitrogens with two attached hydrogens (primary N) is 1. The first-order valence-electron chi connectivity index (χ1n) is 7.43. The van der Waals surface area contributed by atoms with E-state index < -0.39 is 0 Å². The molecule has 1 aliphatic heterocycles. The molecule has 0 radical (unpaired) electrons. The Morgan fingerprint density at radius 3 is 3.05 bits per heavy atom. The second-order valence-electron chi connectivity index (χ2n) is 6.49. The largest absolute Gasteiger partial charge is 0.337 e. The zero-order chi connectivity index (χ0) is 15.7. The van der Waals surface area contributed by atoms with E-state index in [1.165, 1.54) is 4.88 Å². The lowest BCUT2D eigenvalue weighted by molar-refractivity contribution is 0.0527. The lowest BCUT2D eigenvalue weighted by atomic mass is 9.79. The van der Waals surface area contributed by atoms with E-state index in [1.807, 2.05) is 22.4 Å². The SMILES string of the molecule is CC1(C)CN(C(=O)c2cn(Cc3cccs3)nn2)CCC1N. The highest BCUT2D eigenvalue weighted by Gasteiger charge is 2.36. The monoisotopic (exact) mass is 319 g/mol. The summed E-state index contributed by atoms with van der Waals surface area (Å²) in [6, 6.07) is 4.18. The molecule has 0 aliphatic carbocycles. The van der Waals surface area contributed by atoms with Crippen molar-refractivity contribution >= 4 is 17.2 Å². The van der Waals surface area contributed by atoms with Crippen molar-refractivity contribution in [1.82, 2.24) is 19.9 Å². The van der Waals surface area contributed by atoms with Crippen LogP contribution in [0.15, 0.2) is 23.7 Å². The molecule has 7 heteroatoms. The van der Waals surface area contributed by atoms with Gasteiger partial charge < -0.3 is 10.6 Å². The second-order valence-corrected chi connectivity index (χ2v) is 7.52. The Labute approximate surface area is 133 Å². The van der Waals surface area contributed by atoms with Gasteiger partial charge in [0.2, 0.25) is 0 Å². The van der Waals surface area contributed by atoms with Gasteiger partial charge in [0.15, 0.2) is 5.69 Å². The number of thiophene rings is 1. The summed E-state index contributed by atoms with van der Waals surface area (Å²) in [6.07, 6.45) is 2.55. The summed E-state index contributed by atoms with van der Waals surface area (Å²) >= 11 is 1.67. The molecule has 1 aliphatic rings. The van der Waals surface area contributed by atoms with Gasteiger partial charge in [-0.25, -0.2) is 4.68 Å². The van der Waals surface area contributed by atoms with Gasteiger partial charge in [0.25, 0.3) is 5.91 Å².